The van der Waals surface area contributed by atoms with E-state index in [0.29, 0.717) is 27.7 Å². The van der Waals surface area contributed by atoms with E-state index in [-0.39, 0.29) is 23.7 Å². The number of methoxy groups -OCH3 is 2. The van der Waals surface area contributed by atoms with Crippen molar-refractivity contribution in [1.29, 1.82) is 5.26 Å². The van der Waals surface area contributed by atoms with Gasteiger partial charge >= 0.3 is 0 Å². The molecule has 154 valence electrons. The number of halogens is 1. The molecule has 0 bridgehead atoms. The third-order valence-corrected chi connectivity index (χ3v) is 6.66. The fourth-order valence-corrected chi connectivity index (χ4v) is 5.31. The van der Waals surface area contributed by atoms with E-state index >= 15 is 0 Å². The molecule has 30 heavy (non-hydrogen) atoms. The largest absolute Gasteiger partial charge is 0.493 e. The average Bonchev–Trinajstić information content (AvgIpc) is 3.12. The molecule has 8 heteroatoms. The van der Waals surface area contributed by atoms with E-state index in [1.54, 1.807) is 36.4 Å². The Morgan fingerprint density at radius 2 is 1.97 bits per heavy atom. The summed E-state index contributed by atoms with van der Waals surface area (Å²) in [5.41, 5.74) is -0.630. The highest BCUT2D eigenvalue weighted by atomic mass is 32.2. The van der Waals surface area contributed by atoms with Crippen molar-refractivity contribution < 1.29 is 23.8 Å². The molecule has 2 aromatic carbocycles. The van der Waals surface area contributed by atoms with E-state index < -0.39 is 17.5 Å². The summed E-state index contributed by atoms with van der Waals surface area (Å²) in [4.78, 5) is 14.4. The predicted molar refractivity (Wildman–Crippen MR) is 109 cm³/mol. The van der Waals surface area contributed by atoms with Gasteiger partial charge in [-0.15, -0.1) is 11.8 Å². The van der Waals surface area contributed by atoms with Crippen LogP contribution in [0, 0.1) is 17.1 Å². The van der Waals surface area contributed by atoms with Gasteiger partial charge in [0.05, 0.1) is 36.6 Å². The van der Waals surface area contributed by atoms with Gasteiger partial charge in [0.25, 0.3) is 0 Å². The Bertz CT molecular complexity index is 1100. The van der Waals surface area contributed by atoms with Crippen LogP contribution in [0.2, 0.25) is 0 Å². The van der Waals surface area contributed by atoms with Gasteiger partial charge in [0.1, 0.15) is 5.82 Å². The van der Waals surface area contributed by atoms with Crippen LogP contribution in [0.25, 0.3) is 0 Å². The molecule has 0 aromatic heterocycles. The van der Waals surface area contributed by atoms with Crippen molar-refractivity contribution in [2.75, 3.05) is 20.0 Å². The molecule has 1 saturated heterocycles. The zero-order chi connectivity index (χ0) is 21.5. The van der Waals surface area contributed by atoms with Crippen LogP contribution < -0.4 is 9.47 Å². The first-order chi connectivity index (χ1) is 14.4. The van der Waals surface area contributed by atoms with E-state index in [9.17, 15) is 19.6 Å². The van der Waals surface area contributed by atoms with Gasteiger partial charge in [-0.05, 0) is 23.8 Å². The number of rotatable bonds is 4. The van der Waals surface area contributed by atoms with Crippen LogP contribution in [-0.4, -0.2) is 35.9 Å². The van der Waals surface area contributed by atoms with Crippen molar-refractivity contribution >= 4 is 17.7 Å². The van der Waals surface area contributed by atoms with Gasteiger partial charge in [-0.25, -0.2) is 4.39 Å². The molecule has 2 atom stereocenters. The van der Waals surface area contributed by atoms with Crippen LogP contribution in [0.15, 0.2) is 53.1 Å². The minimum atomic E-state index is -1.65. The molecule has 2 heterocycles. The Kier molecular flexibility index (Phi) is 5.18. The van der Waals surface area contributed by atoms with Crippen molar-refractivity contribution in [1.82, 2.24) is 4.90 Å². The lowest BCUT2D eigenvalue weighted by molar-refractivity contribution is -0.149. The highest BCUT2D eigenvalue weighted by Crippen LogP contribution is 2.52. The van der Waals surface area contributed by atoms with Crippen LogP contribution in [0.4, 0.5) is 4.39 Å². The quantitative estimate of drug-likeness (QED) is 0.806. The number of hydrogen-bond donors (Lipinski definition) is 1. The first-order valence-corrected chi connectivity index (χ1v) is 10.2. The Morgan fingerprint density at radius 3 is 2.63 bits per heavy atom. The molecule has 1 amide bonds. The SMILES string of the molecule is COc1ccc([C@]2(O)CSC3=C(C#N)[C@@H](c4ccccc4F)CC(=O)N32)cc1OC. The van der Waals surface area contributed by atoms with E-state index in [1.807, 2.05) is 0 Å². The highest BCUT2D eigenvalue weighted by Gasteiger charge is 2.52. The summed E-state index contributed by atoms with van der Waals surface area (Å²) >= 11 is 1.21. The first kappa shape index (κ1) is 20.3. The molecule has 0 radical (unpaired) electrons. The van der Waals surface area contributed by atoms with Crippen molar-refractivity contribution in [2.45, 2.75) is 18.1 Å². The van der Waals surface area contributed by atoms with Gasteiger partial charge in [-0.3, -0.25) is 9.69 Å². The van der Waals surface area contributed by atoms with E-state index in [1.165, 1.54) is 36.9 Å². The van der Waals surface area contributed by atoms with E-state index in [2.05, 4.69) is 6.07 Å². The van der Waals surface area contributed by atoms with Crippen molar-refractivity contribution in [3.8, 4) is 17.6 Å². The molecule has 4 rings (SSSR count). The number of benzene rings is 2. The van der Waals surface area contributed by atoms with Gasteiger partial charge in [-0.2, -0.15) is 5.26 Å². The van der Waals surface area contributed by atoms with Crippen molar-refractivity contribution in [2.24, 2.45) is 0 Å². The Morgan fingerprint density at radius 1 is 1.23 bits per heavy atom. The maximum atomic E-state index is 14.4. The Hall–Kier alpha value is -3.02. The summed E-state index contributed by atoms with van der Waals surface area (Å²) in [5.74, 6) is -0.475. The average molecular weight is 426 g/mol. The van der Waals surface area contributed by atoms with Crippen LogP contribution in [0.5, 0.6) is 11.5 Å². The van der Waals surface area contributed by atoms with Gasteiger partial charge in [-0.1, -0.05) is 24.3 Å². The molecule has 0 saturated carbocycles. The molecule has 2 aromatic rings. The molecule has 2 aliphatic heterocycles. The minimum absolute atomic E-state index is 0.108. The van der Waals surface area contributed by atoms with Crippen LogP contribution in [-0.2, 0) is 10.5 Å². The number of carbonyl (C=O) groups is 1. The smallest absolute Gasteiger partial charge is 0.231 e. The predicted octanol–water partition coefficient (Wildman–Crippen LogP) is 3.49. The lowest BCUT2D eigenvalue weighted by Gasteiger charge is -2.38. The topological polar surface area (TPSA) is 82.8 Å². The lowest BCUT2D eigenvalue weighted by Crippen LogP contribution is -2.48. The fourth-order valence-electron chi connectivity index (χ4n) is 3.95. The molecule has 1 fully saturated rings. The molecule has 1 N–H and O–H groups in total. The number of ether oxygens (including phenoxy) is 2. The van der Waals surface area contributed by atoms with Crippen LogP contribution in [0.1, 0.15) is 23.5 Å². The van der Waals surface area contributed by atoms with Crippen LogP contribution in [0.3, 0.4) is 0 Å². The number of thioether (sulfide) groups is 1. The minimum Gasteiger partial charge on any atom is -0.493 e. The number of allylic oxidation sites excluding steroid dienone is 1. The molecule has 2 aliphatic rings. The maximum Gasteiger partial charge on any atom is 0.231 e. The maximum absolute atomic E-state index is 14.4. The summed E-state index contributed by atoms with van der Waals surface area (Å²) < 4.78 is 25.0. The molecule has 0 spiro atoms. The second kappa shape index (κ2) is 7.67. The third kappa shape index (κ3) is 3.02. The fraction of sp³-hybridized carbons (Fsp3) is 0.273. The van der Waals surface area contributed by atoms with Crippen molar-refractivity contribution in [3.05, 3.63) is 70.0 Å². The number of fused-ring (bicyclic) bond motifs is 1. The summed E-state index contributed by atoms with van der Waals surface area (Å²) in [6.45, 7) is 0. The first-order valence-electron chi connectivity index (χ1n) is 9.24. The Labute approximate surface area is 177 Å². The standard InChI is InChI=1S/C22H19FN2O4S/c1-28-18-8-7-13(9-19(18)29-2)22(27)12-30-21-16(11-24)15(10-20(26)25(21)22)14-5-3-4-6-17(14)23/h3-9,15,27H,10,12H2,1-2H3/t15-,22-/m1/s1. The monoisotopic (exact) mass is 426 g/mol. The molecular weight excluding hydrogens is 407 g/mol. The van der Waals surface area contributed by atoms with Crippen LogP contribution >= 0.6 is 11.8 Å². The van der Waals surface area contributed by atoms with E-state index in [4.69, 9.17) is 9.47 Å². The number of hydrogen-bond acceptors (Lipinski definition) is 6. The van der Waals surface area contributed by atoms with Gasteiger partial charge in [0.15, 0.2) is 17.2 Å². The van der Waals surface area contributed by atoms with Gasteiger partial charge in [0, 0.05) is 17.9 Å². The second-order valence-corrected chi connectivity index (χ2v) is 7.98. The number of nitrogens with zero attached hydrogens (tertiary/aromatic N) is 2. The molecular formula is C22H19FN2O4S. The number of nitriles is 1. The third-order valence-electron chi connectivity index (χ3n) is 5.44. The number of aliphatic hydroxyl groups is 1. The summed E-state index contributed by atoms with van der Waals surface area (Å²) in [5, 5.41) is 21.7. The van der Waals surface area contributed by atoms with E-state index in [0.717, 1.165) is 0 Å². The molecule has 6 nitrogen and oxygen atoms in total. The summed E-state index contributed by atoms with van der Waals surface area (Å²) in [6.07, 6.45) is -0.108. The van der Waals surface area contributed by atoms with Gasteiger partial charge in [0.2, 0.25) is 5.91 Å². The number of carbonyl (C=O) groups excluding carboxylic acids is 1. The molecule has 0 aliphatic carbocycles. The zero-order valence-corrected chi connectivity index (χ0v) is 17.2. The second-order valence-electron chi connectivity index (χ2n) is 7.01. The molecule has 0 unspecified atom stereocenters. The van der Waals surface area contributed by atoms with Gasteiger partial charge < -0.3 is 14.6 Å². The lowest BCUT2D eigenvalue weighted by atomic mass is 9.85. The van der Waals surface area contributed by atoms with Crippen molar-refractivity contribution in [3.63, 3.8) is 0 Å². The number of amides is 1. The summed E-state index contributed by atoms with van der Waals surface area (Å²) in [7, 11) is 2.99. The normalized spacial score (nSPS) is 23.2. The summed E-state index contributed by atoms with van der Waals surface area (Å²) in [6, 6.07) is 13.2. The highest BCUT2D eigenvalue weighted by molar-refractivity contribution is 8.03. The zero-order valence-electron chi connectivity index (χ0n) is 16.4. The Balaban J connectivity index is 1.81.